The van der Waals surface area contributed by atoms with Gasteiger partial charge in [-0.1, -0.05) is 12.7 Å². The van der Waals surface area contributed by atoms with E-state index in [2.05, 4.69) is 32.5 Å². The fourth-order valence-corrected chi connectivity index (χ4v) is 4.59. The zero-order chi connectivity index (χ0) is 18.6. The zero-order valence-electron chi connectivity index (χ0n) is 13.6. The number of hydrogen-bond donors (Lipinski definition) is 1. The molecule has 1 aromatic carbocycles. The fraction of sp³-hybridized carbons (Fsp3) is 0.353. The van der Waals surface area contributed by atoms with Gasteiger partial charge in [0.15, 0.2) is 5.82 Å². The number of amides is 1. The van der Waals surface area contributed by atoms with E-state index in [-0.39, 0.29) is 27.4 Å². The van der Waals surface area contributed by atoms with Gasteiger partial charge in [-0.3, -0.25) is 4.90 Å². The van der Waals surface area contributed by atoms with Crippen molar-refractivity contribution in [2.24, 2.45) is 0 Å². The Morgan fingerprint density at radius 2 is 2.04 bits per heavy atom. The number of halogens is 3. The molecular weight excluding hydrogens is 427 g/mol. The van der Waals surface area contributed by atoms with Crippen LogP contribution in [-0.4, -0.2) is 51.2 Å². The van der Waals surface area contributed by atoms with Crippen LogP contribution < -0.4 is 4.90 Å². The molecule has 2 atom stereocenters. The summed E-state index contributed by atoms with van der Waals surface area (Å²) in [5.41, 5.74) is 0.722. The van der Waals surface area contributed by atoms with Crippen LogP contribution in [-0.2, 0) is 0 Å². The molecule has 2 saturated heterocycles. The first-order valence-electron chi connectivity index (χ1n) is 8.14. The van der Waals surface area contributed by atoms with Crippen LogP contribution in [0.25, 0.3) is 17.0 Å². The highest BCUT2D eigenvalue weighted by Gasteiger charge is 2.43. The Kier molecular flexibility index (Phi) is 4.27. The number of rotatable bonds is 2. The summed E-state index contributed by atoms with van der Waals surface area (Å²) < 4.78 is 15.0. The van der Waals surface area contributed by atoms with E-state index in [0.29, 0.717) is 29.9 Å². The predicted octanol–water partition coefficient (Wildman–Crippen LogP) is 4.16. The Balaban J connectivity index is 1.84. The molecule has 26 heavy (non-hydrogen) atoms. The zero-order valence-corrected chi connectivity index (χ0v) is 16.0. The molecule has 9 heteroatoms. The summed E-state index contributed by atoms with van der Waals surface area (Å²) in [6.07, 6.45) is 2.27. The van der Waals surface area contributed by atoms with Crippen LogP contribution >= 0.6 is 27.5 Å². The molecule has 4 rings (SSSR count). The molecule has 3 heterocycles. The van der Waals surface area contributed by atoms with Gasteiger partial charge in [-0.15, -0.1) is 0 Å². The second kappa shape index (κ2) is 6.35. The first-order valence-corrected chi connectivity index (χ1v) is 9.31. The Morgan fingerprint density at radius 3 is 2.62 bits per heavy atom. The lowest BCUT2D eigenvalue weighted by atomic mass is 10.1. The third-order valence-electron chi connectivity index (χ3n) is 5.07. The minimum absolute atomic E-state index is 0.0438. The number of fused-ring (bicyclic) bond motifs is 3. The molecule has 0 saturated carbocycles. The van der Waals surface area contributed by atoms with Crippen LogP contribution in [0.1, 0.15) is 18.4 Å². The number of anilines is 1. The molecular formula is C17H15BrClFN4O2. The Hall–Kier alpha value is -1.93. The van der Waals surface area contributed by atoms with Crippen LogP contribution in [0.2, 0.25) is 5.28 Å². The summed E-state index contributed by atoms with van der Waals surface area (Å²) in [7, 11) is 0. The third kappa shape index (κ3) is 2.63. The summed E-state index contributed by atoms with van der Waals surface area (Å²) >= 11 is 9.28. The molecule has 0 spiro atoms. The van der Waals surface area contributed by atoms with Crippen LogP contribution in [0, 0.1) is 5.82 Å². The van der Waals surface area contributed by atoms with Crippen LogP contribution in [0.15, 0.2) is 17.1 Å². The number of nitrogens with zero attached hydrogens (tertiary/aromatic N) is 4. The lowest BCUT2D eigenvalue weighted by molar-refractivity contribution is 0.114. The molecule has 0 radical (unpaired) electrons. The van der Waals surface area contributed by atoms with E-state index in [1.807, 2.05) is 4.90 Å². The number of carbonyl (C=O) groups is 1. The van der Waals surface area contributed by atoms with Crippen molar-refractivity contribution in [2.45, 2.75) is 24.9 Å². The maximum atomic E-state index is 14.8. The molecule has 1 N–H and O–H groups in total. The van der Waals surface area contributed by atoms with Gasteiger partial charge < -0.3 is 10.0 Å². The molecule has 0 aliphatic carbocycles. The van der Waals surface area contributed by atoms with Gasteiger partial charge in [0.1, 0.15) is 11.3 Å². The normalized spacial score (nSPS) is 22.1. The molecule has 6 nitrogen and oxygen atoms in total. The monoisotopic (exact) mass is 440 g/mol. The van der Waals surface area contributed by atoms with E-state index in [1.165, 1.54) is 4.90 Å². The first kappa shape index (κ1) is 17.5. The number of piperazine rings is 1. The Morgan fingerprint density at radius 1 is 1.38 bits per heavy atom. The smallest absolute Gasteiger partial charge is 0.407 e. The lowest BCUT2D eigenvalue weighted by Crippen LogP contribution is -2.55. The van der Waals surface area contributed by atoms with Crippen LogP contribution in [0.4, 0.5) is 15.0 Å². The van der Waals surface area contributed by atoms with Gasteiger partial charge in [-0.25, -0.2) is 14.2 Å². The second-order valence-electron chi connectivity index (χ2n) is 6.49. The summed E-state index contributed by atoms with van der Waals surface area (Å²) in [6.45, 7) is 4.70. The highest BCUT2D eigenvalue weighted by molar-refractivity contribution is 9.10. The maximum absolute atomic E-state index is 14.8. The average Bonchev–Trinajstić information content (AvgIpc) is 2.88. The molecule has 2 aliphatic heterocycles. The standard InChI is InChI=1S/C17H15BrClFN4O2/c1-2-8-5-11-14(13(20)12(8)18)21-16(19)22-15(11)23-6-9-3-4-10(7-23)24(9)17(25)26/h2,5,9-10H,1,3-4,6-7H2,(H,25,26). The van der Waals surface area contributed by atoms with Crippen molar-refractivity contribution < 1.29 is 14.3 Å². The maximum Gasteiger partial charge on any atom is 0.407 e. The van der Waals surface area contributed by atoms with Gasteiger partial charge >= 0.3 is 6.09 Å². The van der Waals surface area contributed by atoms with Crippen molar-refractivity contribution in [3.63, 3.8) is 0 Å². The third-order valence-corrected chi connectivity index (χ3v) is 6.05. The number of aromatic nitrogens is 2. The highest BCUT2D eigenvalue weighted by atomic mass is 79.9. The van der Waals surface area contributed by atoms with E-state index in [1.54, 1.807) is 12.1 Å². The van der Waals surface area contributed by atoms with E-state index < -0.39 is 11.9 Å². The van der Waals surface area contributed by atoms with Gasteiger partial charge in [0.2, 0.25) is 5.28 Å². The van der Waals surface area contributed by atoms with Crippen molar-refractivity contribution in [1.29, 1.82) is 0 Å². The molecule has 1 amide bonds. The highest BCUT2D eigenvalue weighted by Crippen LogP contribution is 2.37. The van der Waals surface area contributed by atoms with E-state index in [4.69, 9.17) is 11.6 Å². The largest absolute Gasteiger partial charge is 0.465 e. The van der Waals surface area contributed by atoms with Crippen molar-refractivity contribution in [2.75, 3.05) is 18.0 Å². The molecule has 2 unspecified atom stereocenters. The first-order chi connectivity index (χ1) is 12.4. The minimum atomic E-state index is -0.897. The number of carboxylic acid groups (broad SMARTS) is 1. The van der Waals surface area contributed by atoms with E-state index >= 15 is 0 Å². The Bertz CT molecular complexity index is 927. The lowest BCUT2D eigenvalue weighted by Gasteiger charge is -2.40. The van der Waals surface area contributed by atoms with E-state index in [0.717, 1.165) is 12.8 Å². The summed E-state index contributed by atoms with van der Waals surface area (Å²) in [5.74, 6) is 0.00605. The number of hydrogen-bond acceptors (Lipinski definition) is 4. The van der Waals surface area contributed by atoms with Gasteiger partial charge in [0, 0.05) is 18.5 Å². The van der Waals surface area contributed by atoms with Crippen molar-refractivity contribution in [3.8, 4) is 0 Å². The van der Waals surface area contributed by atoms with Crippen molar-refractivity contribution >= 4 is 56.4 Å². The molecule has 2 fully saturated rings. The molecule has 2 aliphatic rings. The summed E-state index contributed by atoms with van der Waals surface area (Å²) in [4.78, 5) is 23.4. The topological polar surface area (TPSA) is 69.6 Å². The van der Waals surface area contributed by atoms with Gasteiger partial charge in [-0.05, 0) is 52.0 Å². The molecule has 2 aromatic rings. The quantitative estimate of drug-likeness (QED) is 0.709. The van der Waals surface area contributed by atoms with Gasteiger partial charge in [-0.2, -0.15) is 4.98 Å². The van der Waals surface area contributed by atoms with Crippen molar-refractivity contribution in [1.82, 2.24) is 14.9 Å². The second-order valence-corrected chi connectivity index (χ2v) is 7.62. The SMILES string of the molecule is C=Cc1cc2c(N3CC4CCC(C3)N4C(=O)O)nc(Cl)nc2c(F)c1Br. The minimum Gasteiger partial charge on any atom is -0.465 e. The van der Waals surface area contributed by atoms with Crippen LogP contribution in [0.3, 0.4) is 0 Å². The summed E-state index contributed by atoms with van der Waals surface area (Å²) in [5, 5.41) is 9.91. The predicted molar refractivity (Wildman–Crippen MR) is 101 cm³/mol. The molecule has 136 valence electrons. The summed E-state index contributed by atoms with van der Waals surface area (Å²) in [6, 6.07) is 1.57. The van der Waals surface area contributed by atoms with Crippen LogP contribution in [0.5, 0.6) is 0 Å². The van der Waals surface area contributed by atoms with Gasteiger partial charge in [0.25, 0.3) is 0 Å². The molecule has 1 aromatic heterocycles. The van der Waals surface area contributed by atoms with Crippen molar-refractivity contribution in [3.05, 3.63) is 33.8 Å². The number of benzene rings is 1. The fourth-order valence-electron chi connectivity index (χ4n) is 3.96. The Labute approximate surface area is 162 Å². The average molecular weight is 442 g/mol. The van der Waals surface area contributed by atoms with E-state index in [9.17, 15) is 14.3 Å². The van der Waals surface area contributed by atoms with Gasteiger partial charge in [0.05, 0.1) is 16.6 Å². The molecule has 2 bridgehead atoms.